The minimum absolute atomic E-state index is 0.129. The molecule has 0 aliphatic heterocycles. The van der Waals surface area contributed by atoms with Gasteiger partial charge in [0.05, 0.1) is 10.7 Å². The zero-order valence-electron chi connectivity index (χ0n) is 10.5. The summed E-state index contributed by atoms with van der Waals surface area (Å²) in [5.41, 5.74) is 0.579. The maximum atomic E-state index is 11.3. The molecule has 21 heavy (non-hydrogen) atoms. The molecule has 1 amide bonds. The lowest BCUT2D eigenvalue weighted by atomic mass is 10.3. The first-order valence-corrected chi connectivity index (χ1v) is 7.47. The fourth-order valence-corrected chi connectivity index (χ4v) is 1.99. The van der Waals surface area contributed by atoms with Crippen molar-refractivity contribution in [2.24, 2.45) is 0 Å². The van der Waals surface area contributed by atoms with E-state index in [9.17, 15) is 4.79 Å². The Morgan fingerprint density at radius 1 is 1.29 bits per heavy atom. The summed E-state index contributed by atoms with van der Waals surface area (Å²) in [6.45, 7) is 3.32. The molecule has 0 aliphatic carbocycles. The molecule has 0 saturated heterocycles. The molecule has 1 unspecified atom stereocenters. The molecule has 0 heterocycles. The molecule has 0 radical (unpaired) electrons. The van der Waals surface area contributed by atoms with Crippen LogP contribution in [0.25, 0.3) is 0 Å². The van der Waals surface area contributed by atoms with Gasteiger partial charge in [-0.15, -0.1) is 0 Å². The first-order valence-electron chi connectivity index (χ1n) is 5.55. The van der Waals surface area contributed by atoms with E-state index in [1.165, 1.54) is 0 Å². The van der Waals surface area contributed by atoms with E-state index >= 15 is 0 Å². The Kier molecular flexibility index (Phi) is 7.03. The maximum Gasteiger partial charge on any atom is 0.245 e. The van der Waals surface area contributed by atoms with Crippen LogP contribution in [0.1, 0.15) is 0 Å². The summed E-state index contributed by atoms with van der Waals surface area (Å²) in [7, 11) is 0. The average molecular weight is 387 g/mol. The highest BCUT2D eigenvalue weighted by atomic mass is 35.6. The van der Waals surface area contributed by atoms with E-state index in [0.29, 0.717) is 10.7 Å². The number of rotatable bonds is 4. The van der Waals surface area contributed by atoms with Crippen molar-refractivity contribution < 1.29 is 4.79 Å². The van der Waals surface area contributed by atoms with Gasteiger partial charge in [-0.25, -0.2) is 0 Å². The Morgan fingerprint density at radius 3 is 2.43 bits per heavy atom. The lowest BCUT2D eigenvalue weighted by molar-refractivity contribution is -0.117. The SMILES string of the molecule is C=CC(=O)NC(NC(=S)Nc1ccccc1Cl)C(Cl)(Cl)Cl. The van der Waals surface area contributed by atoms with Crippen LogP contribution in [0.4, 0.5) is 5.69 Å². The number of anilines is 1. The number of hydrogen-bond acceptors (Lipinski definition) is 2. The topological polar surface area (TPSA) is 53.2 Å². The van der Waals surface area contributed by atoms with Crippen molar-refractivity contribution in [3.63, 3.8) is 0 Å². The van der Waals surface area contributed by atoms with Crippen molar-refractivity contribution in [2.45, 2.75) is 9.96 Å². The van der Waals surface area contributed by atoms with Crippen LogP contribution in [0.5, 0.6) is 0 Å². The van der Waals surface area contributed by atoms with Crippen LogP contribution in [0.2, 0.25) is 5.02 Å². The van der Waals surface area contributed by atoms with Gasteiger partial charge in [0.2, 0.25) is 9.70 Å². The van der Waals surface area contributed by atoms with E-state index in [2.05, 4.69) is 22.5 Å². The molecular weight excluding hydrogens is 376 g/mol. The fraction of sp³-hybridized carbons (Fsp3) is 0.167. The van der Waals surface area contributed by atoms with Gasteiger partial charge < -0.3 is 16.0 Å². The zero-order valence-corrected chi connectivity index (χ0v) is 14.3. The van der Waals surface area contributed by atoms with Crippen LogP contribution in [-0.4, -0.2) is 21.0 Å². The lowest BCUT2D eigenvalue weighted by Gasteiger charge is -2.27. The number of benzene rings is 1. The minimum atomic E-state index is -1.81. The van der Waals surface area contributed by atoms with Gasteiger partial charge in [-0.05, 0) is 30.4 Å². The molecule has 1 aromatic rings. The van der Waals surface area contributed by atoms with Crippen molar-refractivity contribution in [2.75, 3.05) is 5.32 Å². The standard InChI is InChI=1S/C12H11Cl4N3OS/c1-2-9(20)18-10(12(14,15)16)19-11(21)17-8-6-4-3-5-7(8)13/h2-6,10H,1H2,(H,18,20)(H2,17,19,21). The van der Waals surface area contributed by atoms with E-state index in [1.54, 1.807) is 24.3 Å². The summed E-state index contributed by atoms with van der Waals surface area (Å²) in [6, 6.07) is 6.97. The van der Waals surface area contributed by atoms with Crippen LogP contribution in [0.3, 0.4) is 0 Å². The Balaban J connectivity index is 2.75. The normalized spacial score (nSPS) is 12.2. The van der Waals surface area contributed by atoms with Gasteiger partial charge in [0.1, 0.15) is 6.17 Å². The Bertz CT molecular complexity index is 548. The first kappa shape index (κ1) is 18.3. The zero-order chi connectivity index (χ0) is 16.0. The van der Waals surface area contributed by atoms with Crippen molar-refractivity contribution in [1.29, 1.82) is 0 Å². The third kappa shape index (κ3) is 6.28. The number of nitrogens with one attached hydrogen (secondary N) is 3. The summed E-state index contributed by atoms with van der Waals surface area (Å²) >= 11 is 28.4. The van der Waals surface area contributed by atoms with Gasteiger partial charge >= 0.3 is 0 Å². The van der Waals surface area contributed by atoms with E-state index < -0.39 is 15.9 Å². The van der Waals surface area contributed by atoms with E-state index in [1.807, 2.05) is 0 Å². The quantitative estimate of drug-likeness (QED) is 0.320. The molecule has 0 fully saturated rings. The van der Waals surface area contributed by atoms with Gasteiger partial charge in [0, 0.05) is 0 Å². The average Bonchev–Trinajstić information content (AvgIpc) is 2.39. The third-order valence-corrected chi connectivity index (χ3v) is 3.40. The molecule has 0 aromatic heterocycles. The van der Waals surface area contributed by atoms with E-state index in [4.69, 9.17) is 58.6 Å². The highest BCUT2D eigenvalue weighted by Crippen LogP contribution is 2.29. The predicted octanol–water partition coefficient (Wildman–Crippen LogP) is 3.62. The van der Waals surface area contributed by atoms with Gasteiger partial charge in [0.25, 0.3) is 0 Å². The van der Waals surface area contributed by atoms with Crippen LogP contribution < -0.4 is 16.0 Å². The summed E-state index contributed by atoms with van der Waals surface area (Å²) in [4.78, 5) is 11.3. The smallest absolute Gasteiger partial charge is 0.245 e. The second-order valence-electron chi connectivity index (χ2n) is 3.77. The van der Waals surface area contributed by atoms with Crippen LogP contribution in [-0.2, 0) is 4.79 Å². The van der Waals surface area contributed by atoms with Crippen LogP contribution in [0, 0.1) is 0 Å². The molecule has 4 nitrogen and oxygen atoms in total. The minimum Gasteiger partial charge on any atom is -0.339 e. The number of hydrogen-bond donors (Lipinski definition) is 3. The van der Waals surface area contributed by atoms with Crippen LogP contribution in [0.15, 0.2) is 36.9 Å². The second kappa shape index (κ2) is 8.06. The van der Waals surface area contributed by atoms with Crippen molar-refractivity contribution in [3.05, 3.63) is 41.9 Å². The third-order valence-electron chi connectivity index (χ3n) is 2.20. The van der Waals surface area contributed by atoms with Gasteiger partial charge in [-0.1, -0.05) is 65.1 Å². The Morgan fingerprint density at radius 2 is 1.90 bits per heavy atom. The van der Waals surface area contributed by atoms with E-state index in [-0.39, 0.29) is 5.11 Å². The monoisotopic (exact) mass is 385 g/mol. The number of carbonyl (C=O) groups is 1. The van der Waals surface area contributed by atoms with Gasteiger partial charge in [0.15, 0.2) is 5.11 Å². The molecule has 1 atom stereocenters. The Hall–Kier alpha value is -0.720. The number of amides is 1. The van der Waals surface area contributed by atoms with Crippen LogP contribution >= 0.6 is 58.6 Å². The van der Waals surface area contributed by atoms with Gasteiger partial charge in [-0.3, -0.25) is 4.79 Å². The number of para-hydroxylation sites is 1. The molecule has 0 spiro atoms. The number of halogens is 4. The summed E-state index contributed by atoms with van der Waals surface area (Å²) in [5, 5.41) is 8.54. The predicted molar refractivity (Wildman–Crippen MR) is 93.2 cm³/mol. The molecule has 0 saturated carbocycles. The number of thiocarbonyl (C=S) groups is 1. The van der Waals surface area contributed by atoms with E-state index in [0.717, 1.165) is 6.08 Å². The molecule has 114 valence electrons. The molecule has 0 bridgehead atoms. The highest BCUT2D eigenvalue weighted by Gasteiger charge is 2.34. The molecule has 3 N–H and O–H groups in total. The highest BCUT2D eigenvalue weighted by molar-refractivity contribution is 7.80. The van der Waals surface area contributed by atoms with Gasteiger partial charge in [-0.2, -0.15) is 0 Å². The molecule has 1 aromatic carbocycles. The molecule has 1 rings (SSSR count). The van der Waals surface area contributed by atoms with Crippen molar-refractivity contribution in [1.82, 2.24) is 10.6 Å². The summed E-state index contributed by atoms with van der Waals surface area (Å²) in [6.07, 6.45) is 0.00537. The molecule has 0 aliphatic rings. The largest absolute Gasteiger partial charge is 0.339 e. The fourth-order valence-electron chi connectivity index (χ4n) is 1.25. The van der Waals surface area contributed by atoms with Crippen molar-refractivity contribution >= 4 is 75.3 Å². The maximum absolute atomic E-state index is 11.3. The summed E-state index contributed by atoms with van der Waals surface area (Å²) in [5.74, 6) is -0.514. The number of carbonyl (C=O) groups excluding carboxylic acids is 1. The Labute approximate surface area is 147 Å². The lowest BCUT2D eigenvalue weighted by Crippen LogP contribution is -2.55. The first-order chi connectivity index (χ1) is 9.74. The number of alkyl halides is 3. The molecular formula is C12H11Cl4N3OS. The second-order valence-corrected chi connectivity index (χ2v) is 6.95. The molecule has 9 heteroatoms. The van der Waals surface area contributed by atoms with Crippen molar-refractivity contribution in [3.8, 4) is 0 Å². The summed E-state index contributed by atoms with van der Waals surface area (Å²) < 4.78 is -1.81.